The molecule has 6 heteroatoms. The zero-order valence-electron chi connectivity index (χ0n) is 16.8. The molecule has 2 rings (SSSR count). The van der Waals surface area contributed by atoms with E-state index in [1.54, 1.807) is 0 Å². The second-order valence-electron chi connectivity index (χ2n) is 8.87. The summed E-state index contributed by atoms with van der Waals surface area (Å²) in [4.78, 5) is 1.15. The summed E-state index contributed by atoms with van der Waals surface area (Å²) < 4.78 is 14.3. The van der Waals surface area contributed by atoms with Crippen LogP contribution < -0.4 is 4.74 Å². The summed E-state index contributed by atoms with van der Waals surface area (Å²) in [5.41, 5.74) is 1.08. The zero-order chi connectivity index (χ0) is 18.9. The molecule has 0 aliphatic carbocycles. The van der Waals surface area contributed by atoms with Crippen LogP contribution in [0, 0.1) is 0 Å². The van der Waals surface area contributed by atoms with Gasteiger partial charge in [-0.25, -0.2) is 4.52 Å². The van der Waals surface area contributed by atoms with Crippen molar-refractivity contribution < 1.29 is 9.16 Å². The monoisotopic (exact) mass is 380 g/mol. The molecule has 0 saturated carbocycles. The molecule has 0 radical (unpaired) electrons. The number of nitrogens with zero attached hydrogens (tertiary/aromatic N) is 2. The van der Waals surface area contributed by atoms with Crippen LogP contribution in [0.1, 0.15) is 41.5 Å². The highest BCUT2D eigenvalue weighted by Crippen LogP contribution is 2.39. The maximum absolute atomic E-state index is 6.21. The summed E-state index contributed by atoms with van der Waals surface area (Å²) in [7, 11) is -1.73. The molecule has 0 atom stereocenters. The molecule has 0 aliphatic rings. The lowest BCUT2D eigenvalue weighted by atomic mass is 10.2. The Balaban J connectivity index is 2.08. The average Bonchev–Trinajstić information content (AvgIpc) is 2.87. The van der Waals surface area contributed by atoms with E-state index in [2.05, 4.69) is 65.8 Å². The van der Waals surface area contributed by atoms with Gasteiger partial charge in [-0.1, -0.05) is 41.5 Å². The van der Waals surface area contributed by atoms with Gasteiger partial charge in [-0.15, -0.1) is 11.8 Å². The fraction of sp³-hybridized carbons (Fsp3) is 0.632. The Morgan fingerprint density at radius 1 is 1.12 bits per heavy atom. The number of hydrogen-bond donors (Lipinski definition) is 0. The van der Waals surface area contributed by atoms with Gasteiger partial charge in [0.25, 0.3) is 0 Å². The quantitative estimate of drug-likeness (QED) is 0.370. The van der Waals surface area contributed by atoms with E-state index in [1.165, 1.54) is 0 Å². The summed E-state index contributed by atoms with van der Waals surface area (Å²) in [5.74, 6) is 0.870. The van der Waals surface area contributed by atoms with Gasteiger partial charge in [0.15, 0.2) is 14.1 Å². The minimum Gasteiger partial charge on any atom is -0.488 e. The van der Waals surface area contributed by atoms with E-state index in [0.29, 0.717) is 13.2 Å². The molecule has 0 N–H and O–H groups in total. The Bertz CT molecular complexity index is 714. The smallest absolute Gasteiger partial charge is 0.192 e. The van der Waals surface area contributed by atoms with Crippen molar-refractivity contribution in [3.05, 3.63) is 24.5 Å². The summed E-state index contributed by atoms with van der Waals surface area (Å²) in [6, 6.07) is 4.16. The molecule has 0 aromatic carbocycles. The predicted molar refractivity (Wildman–Crippen MR) is 109 cm³/mol. The summed E-state index contributed by atoms with van der Waals surface area (Å²) in [6.07, 6.45) is 3.78. The molecule has 0 fully saturated rings. The fourth-order valence-electron chi connectivity index (χ4n) is 2.11. The van der Waals surface area contributed by atoms with Crippen LogP contribution >= 0.6 is 11.8 Å². The van der Waals surface area contributed by atoms with Crippen LogP contribution in [-0.4, -0.2) is 35.9 Å². The lowest BCUT2D eigenvalue weighted by Gasteiger charge is -2.36. The van der Waals surface area contributed by atoms with Gasteiger partial charge in [0.05, 0.1) is 23.2 Å². The normalized spacial score (nSPS) is 13.4. The molecule has 2 aromatic rings. The molecular weight excluding hydrogens is 348 g/mol. The Morgan fingerprint density at radius 2 is 1.80 bits per heavy atom. The van der Waals surface area contributed by atoms with Gasteiger partial charge >= 0.3 is 0 Å². The van der Waals surface area contributed by atoms with Crippen LogP contribution in [0.15, 0.2) is 29.4 Å². The summed E-state index contributed by atoms with van der Waals surface area (Å²) >= 11 is 1.82. The van der Waals surface area contributed by atoms with Gasteiger partial charge in [0, 0.05) is 10.9 Å². The molecule has 0 unspecified atom stereocenters. The second-order valence-corrected chi connectivity index (χ2v) is 15.6. The van der Waals surface area contributed by atoms with Gasteiger partial charge in [-0.3, -0.25) is 0 Å². The van der Waals surface area contributed by atoms with Gasteiger partial charge in [0.1, 0.15) is 6.61 Å². The lowest BCUT2D eigenvalue weighted by molar-refractivity contribution is 0.200. The van der Waals surface area contributed by atoms with E-state index in [4.69, 9.17) is 9.16 Å². The maximum atomic E-state index is 6.21. The first-order valence-electron chi connectivity index (χ1n) is 8.82. The highest BCUT2D eigenvalue weighted by Gasteiger charge is 2.36. The molecule has 25 heavy (non-hydrogen) atoms. The fourth-order valence-corrected chi connectivity index (χ4v) is 4.19. The first kappa shape index (κ1) is 20.3. The number of aromatic nitrogens is 2. The van der Waals surface area contributed by atoms with Crippen molar-refractivity contribution in [1.82, 2.24) is 9.61 Å². The van der Waals surface area contributed by atoms with Gasteiger partial charge < -0.3 is 9.16 Å². The van der Waals surface area contributed by atoms with E-state index in [1.807, 2.05) is 34.7 Å². The van der Waals surface area contributed by atoms with Crippen LogP contribution in [0.4, 0.5) is 0 Å². The van der Waals surface area contributed by atoms with Crippen LogP contribution in [0.2, 0.25) is 18.1 Å². The third-order valence-corrected chi connectivity index (χ3v) is 10.2. The van der Waals surface area contributed by atoms with E-state index in [-0.39, 0.29) is 9.79 Å². The van der Waals surface area contributed by atoms with Crippen molar-refractivity contribution in [3.8, 4) is 5.75 Å². The van der Waals surface area contributed by atoms with Crippen molar-refractivity contribution >= 4 is 25.6 Å². The van der Waals surface area contributed by atoms with Crippen LogP contribution in [0.3, 0.4) is 0 Å². The van der Waals surface area contributed by atoms with Crippen molar-refractivity contribution in [1.29, 1.82) is 0 Å². The van der Waals surface area contributed by atoms with Crippen molar-refractivity contribution in [2.24, 2.45) is 0 Å². The maximum Gasteiger partial charge on any atom is 0.192 e. The molecule has 0 saturated heterocycles. The Morgan fingerprint density at radius 3 is 2.40 bits per heavy atom. The lowest BCUT2D eigenvalue weighted by Crippen LogP contribution is -2.41. The molecule has 0 spiro atoms. The van der Waals surface area contributed by atoms with Gasteiger partial charge in [-0.2, -0.15) is 5.10 Å². The standard InChI is InChI=1S/C19H32N2O2SSi/c1-18(2,3)24-17-13-15-9-10-20-21(15)14-16(17)22-11-12-23-25(7,8)19(4,5)6/h9-10,13-14H,11-12H2,1-8H3. The number of rotatable bonds is 6. The Labute approximate surface area is 157 Å². The minimum atomic E-state index is -1.73. The van der Waals surface area contributed by atoms with E-state index >= 15 is 0 Å². The topological polar surface area (TPSA) is 35.8 Å². The first-order chi connectivity index (χ1) is 11.4. The third-order valence-electron chi connectivity index (χ3n) is 4.49. The average molecular weight is 381 g/mol. The molecule has 4 nitrogen and oxygen atoms in total. The number of hydrogen-bond acceptors (Lipinski definition) is 4. The van der Waals surface area contributed by atoms with Crippen LogP contribution in [0.25, 0.3) is 5.52 Å². The first-order valence-corrected chi connectivity index (χ1v) is 12.5. The Hall–Kier alpha value is -0.983. The highest BCUT2D eigenvalue weighted by molar-refractivity contribution is 8.00. The second kappa shape index (κ2) is 7.33. The van der Waals surface area contributed by atoms with Gasteiger partial charge in [-0.05, 0) is 30.3 Å². The van der Waals surface area contributed by atoms with Gasteiger partial charge in [0.2, 0.25) is 0 Å². The van der Waals surface area contributed by atoms with E-state index in [9.17, 15) is 0 Å². The van der Waals surface area contributed by atoms with Crippen molar-refractivity contribution in [2.45, 2.75) is 69.3 Å². The van der Waals surface area contributed by atoms with E-state index in [0.717, 1.165) is 16.2 Å². The summed E-state index contributed by atoms with van der Waals surface area (Å²) in [5, 5.41) is 4.54. The Kier molecular flexibility index (Phi) is 5.96. The molecular formula is C19H32N2O2SSi. The number of fused-ring (bicyclic) bond motifs is 1. The molecule has 2 heterocycles. The minimum absolute atomic E-state index is 0.119. The predicted octanol–water partition coefficient (Wildman–Crippen LogP) is 5.63. The number of ether oxygens (including phenoxy) is 1. The number of thioether (sulfide) groups is 1. The zero-order valence-corrected chi connectivity index (χ0v) is 18.7. The third kappa shape index (κ3) is 5.49. The summed E-state index contributed by atoms with van der Waals surface area (Å²) in [6.45, 7) is 19.1. The molecule has 140 valence electrons. The van der Waals surface area contributed by atoms with Crippen LogP contribution in [0.5, 0.6) is 5.75 Å². The molecule has 0 amide bonds. The molecule has 0 aliphatic heterocycles. The molecule has 0 bridgehead atoms. The van der Waals surface area contributed by atoms with Crippen LogP contribution in [-0.2, 0) is 4.43 Å². The van der Waals surface area contributed by atoms with Crippen molar-refractivity contribution in [3.63, 3.8) is 0 Å². The highest BCUT2D eigenvalue weighted by atomic mass is 32.2. The SMILES string of the molecule is CC(C)(C)Sc1cc2ccnn2cc1OCCO[Si](C)(C)C(C)(C)C. The molecule has 2 aromatic heterocycles. The van der Waals surface area contributed by atoms with E-state index < -0.39 is 8.32 Å². The number of pyridine rings is 1. The largest absolute Gasteiger partial charge is 0.488 e. The van der Waals surface area contributed by atoms with Crippen molar-refractivity contribution in [2.75, 3.05) is 13.2 Å².